The Balaban J connectivity index is 1.71. The van der Waals surface area contributed by atoms with Crippen molar-refractivity contribution in [2.75, 3.05) is 6.61 Å². The molecule has 2 aromatic rings. The summed E-state index contributed by atoms with van der Waals surface area (Å²) >= 11 is 0. The minimum Gasteiger partial charge on any atom is -0.493 e. The van der Waals surface area contributed by atoms with Crippen molar-refractivity contribution in [3.63, 3.8) is 0 Å². The highest BCUT2D eigenvalue weighted by Crippen LogP contribution is 2.39. The summed E-state index contributed by atoms with van der Waals surface area (Å²) in [6, 6.07) is 8.24. The second kappa shape index (κ2) is 6.38. The third-order valence-corrected chi connectivity index (χ3v) is 4.16. The van der Waals surface area contributed by atoms with Crippen LogP contribution in [0.3, 0.4) is 0 Å². The predicted octanol–water partition coefficient (Wildman–Crippen LogP) is 4.61. The summed E-state index contributed by atoms with van der Waals surface area (Å²) in [5, 5.41) is 8.82. The van der Waals surface area contributed by atoms with Crippen LogP contribution in [0.25, 0.3) is 11.1 Å². The lowest BCUT2D eigenvalue weighted by molar-refractivity contribution is -0.139. The summed E-state index contributed by atoms with van der Waals surface area (Å²) in [6.45, 7) is 0.258. The van der Waals surface area contributed by atoms with E-state index < -0.39 is 23.5 Å². The SMILES string of the molecule is O=C(O)C1CC1COc1ccc(-c2cc(C(F)(F)F)ccc2F)cc1. The number of aliphatic carboxylic acids is 1. The molecule has 1 saturated carbocycles. The number of ether oxygens (including phenoxy) is 1. The number of carboxylic acid groups (broad SMARTS) is 1. The van der Waals surface area contributed by atoms with Crippen molar-refractivity contribution in [1.29, 1.82) is 0 Å². The highest BCUT2D eigenvalue weighted by molar-refractivity contribution is 5.73. The van der Waals surface area contributed by atoms with Crippen LogP contribution in [0.5, 0.6) is 5.75 Å². The van der Waals surface area contributed by atoms with Gasteiger partial charge in [0.25, 0.3) is 0 Å². The van der Waals surface area contributed by atoms with Gasteiger partial charge in [0.1, 0.15) is 11.6 Å². The van der Waals surface area contributed by atoms with Crippen molar-refractivity contribution in [2.24, 2.45) is 11.8 Å². The van der Waals surface area contributed by atoms with E-state index in [1.54, 1.807) is 0 Å². The fourth-order valence-electron chi connectivity index (χ4n) is 2.59. The number of halogens is 4. The first-order valence-corrected chi connectivity index (χ1v) is 7.58. The van der Waals surface area contributed by atoms with Gasteiger partial charge in [-0.2, -0.15) is 13.2 Å². The molecule has 2 unspecified atom stereocenters. The second-order valence-corrected chi connectivity index (χ2v) is 5.97. The molecule has 0 radical (unpaired) electrons. The van der Waals surface area contributed by atoms with E-state index in [0.717, 1.165) is 12.1 Å². The topological polar surface area (TPSA) is 46.5 Å². The Morgan fingerprint density at radius 2 is 1.84 bits per heavy atom. The number of benzene rings is 2. The predicted molar refractivity (Wildman–Crippen MR) is 81.6 cm³/mol. The Kier molecular flexibility index (Phi) is 4.41. The molecular formula is C18H14F4O3. The molecule has 0 aromatic heterocycles. The van der Waals surface area contributed by atoms with Gasteiger partial charge in [-0.05, 0) is 42.3 Å². The van der Waals surface area contributed by atoms with Crippen LogP contribution in [0.4, 0.5) is 17.6 Å². The van der Waals surface area contributed by atoms with Crippen molar-refractivity contribution < 1.29 is 32.2 Å². The van der Waals surface area contributed by atoms with Crippen LogP contribution < -0.4 is 4.74 Å². The zero-order chi connectivity index (χ0) is 18.2. The number of carbonyl (C=O) groups is 1. The maximum absolute atomic E-state index is 13.9. The summed E-state index contributed by atoms with van der Waals surface area (Å²) in [4.78, 5) is 10.7. The Morgan fingerprint density at radius 1 is 1.16 bits per heavy atom. The van der Waals surface area contributed by atoms with Crippen LogP contribution in [-0.2, 0) is 11.0 Å². The van der Waals surface area contributed by atoms with E-state index in [-0.39, 0.29) is 24.0 Å². The van der Waals surface area contributed by atoms with Crippen LogP contribution in [-0.4, -0.2) is 17.7 Å². The van der Waals surface area contributed by atoms with E-state index in [1.165, 1.54) is 24.3 Å². The summed E-state index contributed by atoms with van der Waals surface area (Å²) < 4.78 is 57.6. The number of hydrogen-bond donors (Lipinski definition) is 1. The Morgan fingerprint density at radius 3 is 2.40 bits per heavy atom. The number of carboxylic acids is 1. The third-order valence-electron chi connectivity index (χ3n) is 4.16. The fraction of sp³-hybridized carbons (Fsp3) is 0.278. The number of rotatable bonds is 5. The summed E-state index contributed by atoms with van der Waals surface area (Å²) in [7, 11) is 0. The molecule has 2 atom stereocenters. The van der Waals surface area contributed by atoms with Gasteiger partial charge in [-0.25, -0.2) is 4.39 Å². The van der Waals surface area contributed by atoms with Crippen LogP contribution in [0.1, 0.15) is 12.0 Å². The summed E-state index contributed by atoms with van der Waals surface area (Å²) in [5.74, 6) is -1.54. The highest BCUT2D eigenvalue weighted by Gasteiger charge is 2.43. The Labute approximate surface area is 140 Å². The van der Waals surface area contributed by atoms with Gasteiger partial charge in [-0.1, -0.05) is 12.1 Å². The smallest absolute Gasteiger partial charge is 0.416 e. The largest absolute Gasteiger partial charge is 0.493 e. The minimum atomic E-state index is -4.55. The molecule has 132 valence electrons. The molecule has 0 amide bonds. The zero-order valence-electron chi connectivity index (χ0n) is 12.9. The van der Waals surface area contributed by atoms with Crippen molar-refractivity contribution in [3.05, 3.63) is 53.8 Å². The molecule has 0 heterocycles. The summed E-state index contributed by atoms with van der Waals surface area (Å²) in [6.07, 6.45) is -3.97. The van der Waals surface area contributed by atoms with E-state index in [4.69, 9.17) is 9.84 Å². The zero-order valence-corrected chi connectivity index (χ0v) is 12.9. The number of hydrogen-bond acceptors (Lipinski definition) is 2. The molecular weight excluding hydrogens is 340 g/mol. The molecule has 1 aliphatic rings. The van der Waals surface area contributed by atoms with Gasteiger partial charge in [0.2, 0.25) is 0 Å². The molecule has 1 fully saturated rings. The van der Waals surface area contributed by atoms with Gasteiger partial charge >= 0.3 is 12.1 Å². The maximum Gasteiger partial charge on any atom is 0.416 e. The van der Waals surface area contributed by atoms with E-state index in [2.05, 4.69) is 0 Å². The Bertz CT molecular complexity index is 784. The van der Waals surface area contributed by atoms with Gasteiger partial charge in [-0.15, -0.1) is 0 Å². The van der Waals surface area contributed by atoms with Crippen LogP contribution in [0.15, 0.2) is 42.5 Å². The molecule has 2 aromatic carbocycles. The lowest BCUT2D eigenvalue weighted by Crippen LogP contribution is -2.06. The monoisotopic (exact) mass is 354 g/mol. The van der Waals surface area contributed by atoms with Gasteiger partial charge in [0, 0.05) is 11.5 Å². The fourth-order valence-corrected chi connectivity index (χ4v) is 2.59. The molecule has 7 heteroatoms. The van der Waals surface area contributed by atoms with Crippen LogP contribution in [0, 0.1) is 17.7 Å². The molecule has 0 aliphatic heterocycles. The van der Waals surface area contributed by atoms with E-state index in [0.29, 0.717) is 23.8 Å². The first-order chi connectivity index (χ1) is 11.8. The molecule has 0 bridgehead atoms. The van der Waals surface area contributed by atoms with Gasteiger partial charge in [0.15, 0.2) is 0 Å². The first kappa shape index (κ1) is 17.3. The van der Waals surface area contributed by atoms with Crippen LogP contribution in [0.2, 0.25) is 0 Å². The highest BCUT2D eigenvalue weighted by atomic mass is 19.4. The normalized spacial score (nSPS) is 19.5. The van der Waals surface area contributed by atoms with E-state index in [1.807, 2.05) is 0 Å². The molecule has 3 nitrogen and oxygen atoms in total. The maximum atomic E-state index is 13.9. The van der Waals surface area contributed by atoms with Crippen molar-refractivity contribution in [3.8, 4) is 16.9 Å². The average Bonchev–Trinajstić information content (AvgIpc) is 3.33. The summed E-state index contributed by atoms with van der Waals surface area (Å²) in [5.41, 5.74) is -0.766. The minimum absolute atomic E-state index is 0.0295. The molecule has 0 spiro atoms. The van der Waals surface area contributed by atoms with Crippen molar-refractivity contribution in [1.82, 2.24) is 0 Å². The number of alkyl halides is 3. The van der Waals surface area contributed by atoms with Gasteiger partial charge in [0.05, 0.1) is 18.1 Å². The Hall–Kier alpha value is -2.57. The lowest BCUT2D eigenvalue weighted by atomic mass is 10.0. The lowest BCUT2D eigenvalue weighted by Gasteiger charge is -2.11. The molecule has 3 rings (SSSR count). The molecule has 25 heavy (non-hydrogen) atoms. The molecule has 0 saturated heterocycles. The third kappa shape index (κ3) is 3.92. The second-order valence-electron chi connectivity index (χ2n) is 5.97. The van der Waals surface area contributed by atoms with Crippen molar-refractivity contribution >= 4 is 5.97 Å². The quantitative estimate of drug-likeness (QED) is 0.798. The standard InChI is InChI=1S/C18H14F4O3/c19-16-6-3-12(18(20,21)22)8-14(16)10-1-4-13(5-2-10)25-9-11-7-15(11)17(23)24/h1-6,8,11,15H,7,9H2,(H,23,24). The van der Waals surface area contributed by atoms with E-state index >= 15 is 0 Å². The first-order valence-electron chi connectivity index (χ1n) is 7.58. The van der Waals surface area contributed by atoms with Crippen molar-refractivity contribution in [2.45, 2.75) is 12.6 Å². The van der Waals surface area contributed by atoms with Gasteiger partial charge in [-0.3, -0.25) is 4.79 Å². The average molecular weight is 354 g/mol. The molecule has 1 N–H and O–H groups in total. The van der Waals surface area contributed by atoms with E-state index in [9.17, 15) is 22.4 Å². The molecule has 1 aliphatic carbocycles. The van der Waals surface area contributed by atoms with Gasteiger partial charge < -0.3 is 9.84 Å². The van der Waals surface area contributed by atoms with Crippen LogP contribution >= 0.6 is 0 Å².